The molecule has 182 valence electrons. The summed E-state index contributed by atoms with van der Waals surface area (Å²) < 4.78 is 45.0. The zero-order valence-electron chi connectivity index (χ0n) is 18.8. The van der Waals surface area contributed by atoms with Crippen LogP contribution >= 0.6 is 11.6 Å². The highest BCUT2D eigenvalue weighted by atomic mass is 35.5. The molecule has 1 aliphatic heterocycles. The summed E-state index contributed by atoms with van der Waals surface area (Å²) in [6.45, 7) is 5.83. The van der Waals surface area contributed by atoms with Gasteiger partial charge in [-0.3, -0.25) is 4.72 Å². The quantitative estimate of drug-likeness (QED) is 0.451. The smallest absolute Gasteiger partial charge is 0.374 e. The van der Waals surface area contributed by atoms with Gasteiger partial charge in [-0.25, -0.2) is 14.8 Å². The van der Waals surface area contributed by atoms with Crippen LogP contribution in [0.2, 0.25) is 5.02 Å². The molecule has 0 bridgehead atoms. The number of anilines is 2. The number of sulfonamides is 1. The van der Waals surface area contributed by atoms with Gasteiger partial charge in [0.2, 0.25) is 5.76 Å². The number of pyridine rings is 2. The van der Waals surface area contributed by atoms with Crippen molar-refractivity contribution in [2.75, 3.05) is 35.9 Å². The van der Waals surface area contributed by atoms with Crippen molar-refractivity contribution in [3.05, 3.63) is 41.4 Å². The van der Waals surface area contributed by atoms with Gasteiger partial charge in [-0.15, -0.1) is 0 Å². The van der Waals surface area contributed by atoms with Crippen LogP contribution in [-0.4, -0.2) is 56.8 Å². The lowest BCUT2D eigenvalue weighted by Crippen LogP contribution is -2.38. The van der Waals surface area contributed by atoms with Crippen molar-refractivity contribution in [2.24, 2.45) is 0 Å². The summed E-state index contributed by atoms with van der Waals surface area (Å²) in [6, 6.07) is 4.22. The first-order chi connectivity index (χ1) is 16.3. The summed E-state index contributed by atoms with van der Waals surface area (Å²) in [4.78, 5) is 22.3. The van der Waals surface area contributed by atoms with Gasteiger partial charge in [0.05, 0.1) is 23.4 Å². The first-order valence-corrected chi connectivity index (χ1v) is 12.8. The van der Waals surface area contributed by atoms with Crippen molar-refractivity contribution in [2.45, 2.75) is 37.8 Å². The number of aromatic nitrogens is 2. The Balaban J connectivity index is 1.59. The summed E-state index contributed by atoms with van der Waals surface area (Å²) in [5.74, 6) is -0.187. The van der Waals surface area contributed by atoms with E-state index in [2.05, 4.69) is 14.7 Å². The third-order valence-corrected chi connectivity index (χ3v) is 6.82. The molecule has 3 aromatic rings. The number of nitrogens with one attached hydrogen (secondary N) is 1. The maximum absolute atomic E-state index is 13.2. The molecule has 0 spiro atoms. The van der Waals surface area contributed by atoms with E-state index in [1.807, 2.05) is 11.8 Å². The zero-order chi connectivity index (χ0) is 24.3. The zero-order valence-corrected chi connectivity index (χ0v) is 20.4. The number of ether oxygens (including phenoxy) is 2. The maximum atomic E-state index is 13.2. The molecular weight excluding hydrogens is 484 g/mol. The Bertz CT molecular complexity index is 1290. The van der Waals surface area contributed by atoms with Crippen molar-refractivity contribution >= 4 is 50.1 Å². The molecule has 1 saturated heterocycles. The molecule has 1 N–H and O–H groups in total. The molecule has 12 heteroatoms. The van der Waals surface area contributed by atoms with Gasteiger partial charge in [0.15, 0.2) is 10.8 Å². The molecule has 1 aliphatic rings. The van der Waals surface area contributed by atoms with Gasteiger partial charge in [-0.05, 0) is 32.8 Å². The molecule has 0 saturated carbocycles. The van der Waals surface area contributed by atoms with Crippen LogP contribution in [0.25, 0.3) is 11.0 Å². The first kappa shape index (κ1) is 24.2. The topological polar surface area (TPSA) is 124 Å². The molecule has 0 aromatic carbocycles. The fourth-order valence-corrected chi connectivity index (χ4v) is 4.95. The van der Waals surface area contributed by atoms with E-state index in [0.29, 0.717) is 35.9 Å². The second kappa shape index (κ2) is 10.2. The number of esters is 1. The van der Waals surface area contributed by atoms with Crippen LogP contribution < -0.4 is 9.62 Å². The first-order valence-electron chi connectivity index (χ1n) is 10.9. The molecule has 1 fully saturated rings. The molecule has 34 heavy (non-hydrogen) atoms. The number of piperidine rings is 1. The molecule has 3 aromatic heterocycles. The Hall–Kier alpha value is -2.89. The highest BCUT2D eigenvalue weighted by Gasteiger charge is 2.26. The maximum Gasteiger partial charge on any atom is 0.374 e. The van der Waals surface area contributed by atoms with E-state index >= 15 is 0 Å². The van der Waals surface area contributed by atoms with Gasteiger partial charge in [-0.2, -0.15) is 8.42 Å². The lowest BCUT2D eigenvalue weighted by molar-refractivity contribution is 0.0458. The summed E-state index contributed by atoms with van der Waals surface area (Å²) in [5.41, 5.74) is 0.441. The summed E-state index contributed by atoms with van der Waals surface area (Å²) >= 11 is 6.12. The van der Waals surface area contributed by atoms with E-state index in [1.165, 1.54) is 30.6 Å². The monoisotopic (exact) mass is 508 g/mol. The van der Waals surface area contributed by atoms with Crippen molar-refractivity contribution in [1.82, 2.24) is 9.97 Å². The molecule has 10 nitrogen and oxygen atoms in total. The van der Waals surface area contributed by atoms with Crippen molar-refractivity contribution in [3.8, 4) is 0 Å². The summed E-state index contributed by atoms with van der Waals surface area (Å²) in [5, 5.41) is 0.495. The predicted molar refractivity (Wildman–Crippen MR) is 127 cm³/mol. The largest absolute Gasteiger partial charge is 0.460 e. The van der Waals surface area contributed by atoms with Crippen molar-refractivity contribution in [3.63, 3.8) is 0 Å². The van der Waals surface area contributed by atoms with E-state index in [4.69, 9.17) is 25.5 Å². The fourth-order valence-electron chi connectivity index (χ4n) is 3.79. The number of furan rings is 1. The standard InChI is InChI=1S/C22H25ClN4O6S/c1-3-31-16-5-7-27(8-6-16)21-17(10-15(23)13-25-21)26-34(29,30)20-11-18-14(12-24-20)9-19(33-18)22(28)32-4-2/h9-13,16,26H,3-8H2,1-2H3. The molecular formula is C22H25ClN4O6S. The number of nitrogens with zero attached hydrogens (tertiary/aromatic N) is 3. The Morgan fingerprint density at radius 2 is 1.94 bits per heavy atom. The van der Waals surface area contributed by atoms with E-state index in [9.17, 15) is 13.2 Å². The highest BCUT2D eigenvalue weighted by Crippen LogP contribution is 2.31. The fraction of sp³-hybridized carbons (Fsp3) is 0.409. The number of carbonyl (C=O) groups is 1. The van der Waals surface area contributed by atoms with Gasteiger partial charge in [-0.1, -0.05) is 11.6 Å². The van der Waals surface area contributed by atoms with Crippen LogP contribution in [0.4, 0.5) is 11.5 Å². The van der Waals surface area contributed by atoms with Crippen LogP contribution in [0, 0.1) is 0 Å². The van der Waals surface area contributed by atoms with E-state index in [1.54, 1.807) is 6.92 Å². The minimum atomic E-state index is -4.11. The van der Waals surface area contributed by atoms with Crippen molar-refractivity contribution < 1.29 is 27.1 Å². The molecule has 4 rings (SSSR count). The van der Waals surface area contributed by atoms with Crippen LogP contribution in [0.5, 0.6) is 0 Å². The minimum Gasteiger partial charge on any atom is -0.460 e. The predicted octanol–water partition coefficient (Wildman–Crippen LogP) is 3.86. The number of hydrogen-bond donors (Lipinski definition) is 1. The molecule has 4 heterocycles. The number of fused-ring (bicyclic) bond motifs is 1. The molecule has 0 atom stereocenters. The Labute approximate surface area is 202 Å². The third-order valence-electron chi connectivity index (χ3n) is 5.35. The van der Waals surface area contributed by atoms with Gasteiger partial charge in [0.1, 0.15) is 5.58 Å². The van der Waals surface area contributed by atoms with Crippen LogP contribution in [0.1, 0.15) is 37.2 Å². The molecule has 0 amide bonds. The second-order valence-electron chi connectivity index (χ2n) is 7.66. The Morgan fingerprint density at radius 1 is 1.18 bits per heavy atom. The SMILES string of the molecule is CCOC(=O)c1cc2cnc(S(=O)(=O)Nc3cc(Cl)cnc3N3CCC(OCC)CC3)cc2o1. The lowest BCUT2D eigenvalue weighted by Gasteiger charge is -2.33. The Morgan fingerprint density at radius 3 is 2.65 bits per heavy atom. The number of hydrogen-bond acceptors (Lipinski definition) is 9. The van der Waals surface area contributed by atoms with Crippen molar-refractivity contribution in [1.29, 1.82) is 0 Å². The van der Waals surface area contributed by atoms with Crippen LogP contribution in [-0.2, 0) is 19.5 Å². The average molecular weight is 509 g/mol. The molecule has 0 aliphatic carbocycles. The third kappa shape index (κ3) is 5.26. The normalized spacial score (nSPS) is 15.0. The van der Waals surface area contributed by atoms with Gasteiger partial charge in [0.25, 0.3) is 10.0 Å². The molecule has 0 radical (unpaired) electrons. The second-order valence-corrected chi connectivity index (χ2v) is 9.73. The van der Waals surface area contributed by atoms with Gasteiger partial charge in [0, 0.05) is 49.6 Å². The van der Waals surface area contributed by atoms with E-state index < -0.39 is 16.0 Å². The van der Waals surface area contributed by atoms with Crippen LogP contribution in [0.3, 0.4) is 0 Å². The Kier molecular flexibility index (Phi) is 7.24. The van der Waals surface area contributed by atoms with E-state index in [-0.39, 0.29) is 34.8 Å². The average Bonchev–Trinajstić information content (AvgIpc) is 3.24. The molecule has 0 unspecified atom stereocenters. The van der Waals surface area contributed by atoms with Gasteiger partial charge < -0.3 is 18.8 Å². The van der Waals surface area contributed by atoms with Gasteiger partial charge >= 0.3 is 5.97 Å². The minimum absolute atomic E-state index is 0.0297. The van der Waals surface area contributed by atoms with E-state index in [0.717, 1.165) is 12.8 Å². The van der Waals surface area contributed by atoms with Crippen LogP contribution in [0.15, 0.2) is 40.0 Å². The lowest BCUT2D eigenvalue weighted by atomic mass is 10.1. The number of rotatable bonds is 8. The summed E-state index contributed by atoms with van der Waals surface area (Å²) in [6.07, 6.45) is 4.60. The highest BCUT2D eigenvalue weighted by molar-refractivity contribution is 7.92. The number of halogens is 1. The number of carbonyl (C=O) groups excluding carboxylic acids is 1. The summed E-state index contributed by atoms with van der Waals surface area (Å²) in [7, 11) is -4.11.